The predicted octanol–water partition coefficient (Wildman–Crippen LogP) is 8.31. The van der Waals surface area contributed by atoms with Gasteiger partial charge in [0.1, 0.15) is 12.4 Å². The molecule has 0 spiro atoms. The van der Waals surface area contributed by atoms with Crippen molar-refractivity contribution in [1.29, 1.82) is 0 Å². The van der Waals surface area contributed by atoms with E-state index in [0.717, 1.165) is 22.0 Å². The number of pyridine rings is 1. The monoisotopic (exact) mass is 603 g/mol. The van der Waals surface area contributed by atoms with Crippen molar-refractivity contribution in [2.24, 2.45) is 5.10 Å². The van der Waals surface area contributed by atoms with Gasteiger partial charge in [-0.15, -0.1) is 0 Å². The second kappa shape index (κ2) is 11.8. The van der Waals surface area contributed by atoms with E-state index in [-0.39, 0.29) is 5.91 Å². The van der Waals surface area contributed by atoms with Gasteiger partial charge in [-0.1, -0.05) is 83.9 Å². The Morgan fingerprint density at radius 1 is 0.921 bits per heavy atom. The Bertz CT molecular complexity index is 1640. The average Bonchev–Trinajstić information content (AvgIpc) is 2.93. The van der Waals surface area contributed by atoms with E-state index in [1.807, 2.05) is 66.7 Å². The number of carbonyl (C=O) groups excluding carboxylic acids is 1. The van der Waals surface area contributed by atoms with Crippen LogP contribution in [0.5, 0.6) is 5.75 Å². The van der Waals surface area contributed by atoms with E-state index in [0.29, 0.717) is 43.7 Å². The number of nitrogens with one attached hydrogen (secondary N) is 1. The Hall–Kier alpha value is -3.71. The molecule has 0 aliphatic heterocycles. The first kappa shape index (κ1) is 25.9. The van der Waals surface area contributed by atoms with Gasteiger partial charge in [-0.25, -0.2) is 10.4 Å². The third kappa shape index (κ3) is 6.05. The quantitative estimate of drug-likeness (QED) is 0.150. The smallest absolute Gasteiger partial charge is 0.272 e. The number of fused-ring (bicyclic) bond motifs is 1. The van der Waals surface area contributed by atoms with Gasteiger partial charge in [-0.2, -0.15) is 5.10 Å². The molecule has 0 aliphatic rings. The van der Waals surface area contributed by atoms with Crippen molar-refractivity contribution in [2.45, 2.75) is 6.61 Å². The van der Waals surface area contributed by atoms with Crippen LogP contribution in [-0.2, 0) is 6.61 Å². The molecule has 4 aromatic carbocycles. The second-order valence-electron chi connectivity index (χ2n) is 8.36. The van der Waals surface area contributed by atoms with E-state index in [1.165, 1.54) is 6.21 Å². The summed E-state index contributed by atoms with van der Waals surface area (Å²) in [6.07, 6.45) is 1.51. The van der Waals surface area contributed by atoms with Crippen LogP contribution in [0.4, 0.5) is 0 Å². The lowest BCUT2D eigenvalue weighted by atomic mass is 10.0. The van der Waals surface area contributed by atoms with Gasteiger partial charge in [-0.05, 0) is 57.9 Å². The number of carbonyl (C=O) groups is 1. The number of halogens is 3. The number of aromatic nitrogens is 1. The SMILES string of the molecule is O=C(N/N=C\c1cc(Cl)cc(Br)c1OCc1ccc(Cl)cc1)c1cc(-c2ccccc2)nc2ccccc12. The minimum Gasteiger partial charge on any atom is -0.487 e. The molecule has 0 unspecified atom stereocenters. The zero-order valence-electron chi connectivity index (χ0n) is 19.9. The lowest BCUT2D eigenvalue weighted by Gasteiger charge is -2.12. The number of ether oxygens (including phenoxy) is 1. The molecule has 1 amide bonds. The number of rotatable bonds is 7. The summed E-state index contributed by atoms with van der Waals surface area (Å²) < 4.78 is 6.72. The number of hydrazone groups is 1. The Morgan fingerprint density at radius 2 is 1.66 bits per heavy atom. The van der Waals surface area contributed by atoms with Gasteiger partial charge in [-0.3, -0.25) is 4.79 Å². The molecule has 5 nitrogen and oxygen atoms in total. The molecular formula is C30H20BrCl2N3O2. The van der Waals surface area contributed by atoms with Gasteiger partial charge in [0.15, 0.2) is 0 Å². The van der Waals surface area contributed by atoms with E-state index in [9.17, 15) is 4.79 Å². The first-order valence-corrected chi connectivity index (χ1v) is 13.2. The van der Waals surface area contributed by atoms with Crippen molar-refractivity contribution in [2.75, 3.05) is 0 Å². The molecule has 0 saturated carbocycles. The van der Waals surface area contributed by atoms with Crippen LogP contribution in [-0.4, -0.2) is 17.1 Å². The van der Waals surface area contributed by atoms with E-state index >= 15 is 0 Å². The fourth-order valence-electron chi connectivity index (χ4n) is 3.91. The second-order valence-corrected chi connectivity index (χ2v) is 10.1. The summed E-state index contributed by atoms with van der Waals surface area (Å²) in [6.45, 7) is 0.315. The third-order valence-electron chi connectivity index (χ3n) is 5.73. The molecule has 0 saturated heterocycles. The van der Waals surface area contributed by atoms with Crippen LogP contribution < -0.4 is 10.2 Å². The number of amides is 1. The summed E-state index contributed by atoms with van der Waals surface area (Å²) in [7, 11) is 0. The molecule has 1 N–H and O–H groups in total. The number of benzene rings is 4. The first-order chi connectivity index (χ1) is 18.5. The van der Waals surface area contributed by atoms with Gasteiger partial charge in [0.2, 0.25) is 0 Å². The standard InChI is InChI=1S/C30H20BrCl2N3O2/c31-26-15-23(33)14-21(29(26)38-18-19-10-12-22(32)13-11-19)17-34-36-30(37)25-16-28(20-6-2-1-3-7-20)35-27-9-5-4-8-24(25)27/h1-17H,18H2,(H,36,37)/b34-17-. The number of nitrogens with zero attached hydrogens (tertiary/aromatic N) is 2. The Kier molecular flexibility index (Phi) is 8.03. The number of para-hydroxylation sites is 1. The lowest BCUT2D eigenvalue weighted by Crippen LogP contribution is -2.18. The summed E-state index contributed by atoms with van der Waals surface area (Å²) in [5.74, 6) is 0.185. The molecule has 1 heterocycles. The summed E-state index contributed by atoms with van der Waals surface area (Å²) in [5.41, 5.74) is 7.00. The van der Waals surface area contributed by atoms with Gasteiger partial charge in [0.25, 0.3) is 5.91 Å². The van der Waals surface area contributed by atoms with Crippen LogP contribution in [0.25, 0.3) is 22.2 Å². The van der Waals surface area contributed by atoms with E-state index in [1.54, 1.807) is 30.3 Å². The highest BCUT2D eigenvalue weighted by atomic mass is 79.9. The average molecular weight is 605 g/mol. The molecule has 0 bridgehead atoms. The maximum absolute atomic E-state index is 13.3. The van der Waals surface area contributed by atoms with Crippen LogP contribution in [0.2, 0.25) is 10.0 Å². The highest BCUT2D eigenvalue weighted by molar-refractivity contribution is 9.10. The van der Waals surface area contributed by atoms with E-state index in [2.05, 4.69) is 26.5 Å². The Balaban J connectivity index is 1.40. The van der Waals surface area contributed by atoms with Gasteiger partial charge in [0.05, 0.1) is 27.5 Å². The fraction of sp³-hybridized carbons (Fsp3) is 0.0333. The highest BCUT2D eigenvalue weighted by Gasteiger charge is 2.14. The molecule has 38 heavy (non-hydrogen) atoms. The van der Waals surface area contributed by atoms with Gasteiger partial charge >= 0.3 is 0 Å². The van der Waals surface area contributed by atoms with Crippen LogP contribution in [0.1, 0.15) is 21.5 Å². The van der Waals surface area contributed by atoms with Crippen molar-refractivity contribution in [3.8, 4) is 17.0 Å². The zero-order valence-corrected chi connectivity index (χ0v) is 23.0. The zero-order chi connectivity index (χ0) is 26.5. The molecular weight excluding hydrogens is 585 g/mol. The molecule has 0 aliphatic carbocycles. The van der Waals surface area contributed by atoms with E-state index < -0.39 is 0 Å². The van der Waals surface area contributed by atoms with Crippen LogP contribution in [0, 0.1) is 0 Å². The van der Waals surface area contributed by atoms with Crippen molar-refractivity contribution >= 4 is 62.2 Å². The summed E-state index contributed by atoms with van der Waals surface area (Å²) in [5, 5.41) is 6.10. The maximum atomic E-state index is 13.3. The summed E-state index contributed by atoms with van der Waals surface area (Å²) in [6, 6.07) is 29.9. The minimum absolute atomic E-state index is 0.315. The normalized spacial score (nSPS) is 11.1. The molecule has 5 aromatic rings. The van der Waals surface area contributed by atoms with Crippen LogP contribution in [0.15, 0.2) is 107 Å². The highest BCUT2D eigenvalue weighted by Crippen LogP contribution is 2.33. The Labute approximate surface area is 238 Å². The molecule has 0 radical (unpaired) electrons. The topological polar surface area (TPSA) is 63.6 Å². The minimum atomic E-state index is -0.359. The summed E-state index contributed by atoms with van der Waals surface area (Å²) >= 11 is 15.8. The first-order valence-electron chi connectivity index (χ1n) is 11.6. The number of hydrogen-bond acceptors (Lipinski definition) is 4. The molecule has 0 fully saturated rings. The van der Waals surface area contributed by atoms with Crippen LogP contribution >= 0.6 is 39.1 Å². The molecule has 8 heteroatoms. The largest absolute Gasteiger partial charge is 0.487 e. The van der Waals surface area contributed by atoms with Gasteiger partial charge in [0, 0.05) is 26.6 Å². The Morgan fingerprint density at radius 3 is 2.45 bits per heavy atom. The molecule has 5 rings (SSSR count). The summed E-state index contributed by atoms with van der Waals surface area (Å²) in [4.78, 5) is 18.0. The van der Waals surface area contributed by atoms with E-state index in [4.69, 9.17) is 32.9 Å². The lowest BCUT2D eigenvalue weighted by molar-refractivity contribution is 0.0956. The number of hydrogen-bond donors (Lipinski definition) is 1. The maximum Gasteiger partial charge on any atom is 0.272 e. The molecule has 0 atom stereocenters. The molecule has 1 aromatic heterocycles. The predicted molar refractivity (Wildman–Crippen MR) is 157 cm³/mol. The van der Waals surface area contributed by atoms with Gasteiger partial charge < -0.3 is 4.74 Å². The third-order valence-corrected chi connectivity index (χ3v) is 6.79. The van der Waals surface area contributed by atoms with Crippen molar-refractivity contribution in [3.05, 3.63) is 128 Å². The van der Waals surface area contributed by atoms with Crippen LogP contribution in [0.3, 0.4) is 0 Å². The van der Waals surface area contributed by atoms with Crippen molar-refractivity contribution < 1.29 is 9.53 Å². The van der Waals surface area contributed by atoms with Crippen molar-refractivity contribution in [3.63, 3.8) is 0 Å². The molecule has 188 valence electrons. The fourth-order valence-corrected chi connectivity index (χ4v) is 4.98. The van der Waals surface area contributed by atoms with Crippen molar-refractivity contribution in [1.82, 2.24) is 10.4 Å².